The van der Waals surface area contributed by atoms with Gasteiger partial charge in [-0.15, -0.1) is 0 Å². The van der Waals surface area contributed by atoms with Crippen molar-refractivity contribution in [2.24, 2.45) is 0 Å². The summed E-state index contributed by atoms with van der Waals surface area (Å²) in [5, 5.41) is 10.6. The molecule has 0 aromatic heterocycles. The van der Waals surface area contributed by atoms with Crippen LogP contribution in [0.2, 0.25) is 0 Å². The summed E-state index contributed by atoms with van der Waals surface area (Å²) in [6, 6.07) is 17.9. The van der Waals surface area contributed by atoms with Crippen LogP contribution in [-0.4, -0.2) is 60.5 Å². The molecule has 0 saturated carbocycles. The number of hydrogen-bond donors (Lipinski definition) is 1. The highest BCUT2D eigenvalue weighted by Crippen LogP contribution is 2.28. The molecule has 4 atom stereocenters. The summed E-state index contributed by atoms with van der Waals surface area (Å²) in [7, 11) is 0. The van der Waals surface area contributed by atoms with Gasteiger partial charge in [0.25, 0.3) is 0 Å². The first kappa shape index (κ1) is 24.9. The number of carbonyl (C=O) groups is 2. The van der Waals surface area contributed by atoms with E-state index in [1.165, 1.54) is 6.92 Å². The smallest absolute Gasteiger partial charge is 0.338 e. The SMILES string of the molecule is CC(=O)O[C@@H](COCc1ccccc1)[C@H](OC(=O)c1ccccc1)[C@@H]1OC(C)(C)OC[C@@H]1O. The monoisotopic (exact) mass is 458 g/mol. The predicted molar refractivity (Wildman–Crippen MR) is 118 cm³/mol. The molecule has 1 aliphatic rings. The molecule has 0 spiro atoms. The first-order chi connectivity index (χ1) is 15.7. The van der Waals surface area contributed by atoms with Crippen molar-refractivity contribution in [1.29, 1.82) is 0 Å². The van der Waals surface area contributed by atoms with Crippen molar-refractivity contribution >= 4 is 11.9 Å². The molecule has 3 rings (SSSR count). The molecule has 0 unspecified atom stereocenters. The Bertz CT molecular complexity index is 899. The molecule has 0 radical (unpaired) electrons. The van der Waals surface area contributed by atoms with Crippen molar-refractivity contribution in [3.63, 3.8) is 0 Å². The highest BCUT2D eigenvalue weighted by atomic mass is 16.7. The highest BCUT2D eigenvalue weighted by Gasteiger charge is 2.46. The number of rotatable bonds is 9. The zero-order chi connectivity index (χ0) is 23.8. The average Bonchev–Trinajstić information content (AvgIpc) is 2.79. The lowest BCUT2D eigenvalue weighted by molar-refractivity contribution is -0.324. The van der Waals surface area contributed by atoms with Gasteiger partial charge in [-0.3, -0.25) is 4.79 Å². The lowest BCUT2D eigenvalue weighted by Gasteiger charge is -2.43. The van der Waals surface area contributed by atoms with E-state index in [0.717, 1.165) is 5.56 Å². The zero-order valence-corrected chi connectivity index (χ0v) is 19.0. The van der Waals surface area contributed by atoms with Crippen molar-refractivity contribution in [3.8, 4) is 0 Å². The molecule has 1 N–H and O–H groups in total. The number of ether oxygens (including phenoxy) is 5. The molecule has 0 amide bonds. The van der Waals surface area contributed by atoms with Gasteiger partial charge in [-0.05, 0) is 31.5 Å². The number of benzene rings is 2. The summed E-state index contributed by atoms with van der Waals surface area (Å²) in [5.74, 6) is -2.25. The number of hydrogen-bond acceptors (Lipinski definition) is 8. The summed E-state index contributed by atoms with van der Waals surface area (Å²) < 4.78 is 28.5. The lowest BCUT2D eigenvalue weighted by Crippen LogP contribution is -2.58. The van der Waals surface area contributed by atoms with Crippen LogP contribution in [-0.2, 0) is 35.1 Å². The number of aliphatic hydroxyl groups excluding tert-OH is 1. The summed E-state index contributed by atoms with van der Waals surface area (Å²) >= 11 is 0. The zero-order valence-electron chi connectivity index (χ0n) is 19.0. The van der Waals surface area contributed by atoms with Gasteiger partial charge in [0.1, 0.15) is 12.2 Å². The minimum Gasteiger partial charge on any atom is -0.456 e. The summed E-state index contributed by atoms with van der Waals surface area (Å²) in [5.41, 5.74) is 1.25. The topological polar surface area (TPSA) is 101 Å². The molecule has 1 saturated heterocycles. The van der Waals surface area contributed by atoms with E-state index < -0.39 is 42.1 Å². The minimum absolute atomic E-state index is 0.0330. The quantitative estimate of drug-likeness (QED) is 0.573. The second-order valence-corrected chi connectivity index (χ2v) is 8.25. The van der Waals surface area contributed by atoms with Crippen LogP contribution in [0, 0.1) is 0 Å². The Morgan fingerprint density at radius 1 is 1.06 bits per heavy atom. The van der Waals surface area contributed by atoms with E-state index in [0.29, 0.717) is 5.56 Å². The Labute approximate surface area is 193 Å². The van der Waals surface area contributed by atoms with Gasteiger partial charge in [-0.1, -0.05) is 48.5 Å². The fourth-order valence-corrected chi connectivity index (χ4v) is 3.50. The van der Waals surface area contributed by atoms with Gasteiger partial charge in [0, 0.05) is 6.92 Å². The molecule has 0 bridgehead atoms. The van der Waals surface area contributed by atoms with Crippen LogP contribution in [0.5, 0.6) is 0 Å². The predicted octanol–water partition coefficient (Wildman–Crippen LogP) is 2.87. The van der Waals surface area contributed by atoms with E-state index in [9.17, 15) is 14.7 Å². The normalized spacial score (nSPS) is 21.6. The lowest BCUT2D eigenvalue weighted by atomic mass is 10.0. The van der Waals surface area contributed by atoms with Crippen LogP contribution >= 0.6 is 0 Å². The maximum atomic E-state index is 12.9. The average molecular weight is 459 g/mol. The standard InChI is InChI=1S/C25H30O8/c1-17(26)31-21(16-29-14-18-10-6-4-7-11-18)23(22-20(27)15-30-25(2,3)33-22)32-24(28)19-12-8-5-9-13-19/h4-13,20-23,27H,14-16H2,1-3H3/t20-,21-,22+,23-/m0/s1. The van der Waals surface area contributed by atoms with Crippen LogP contribution in [0.4, 0.5) is 0 Å². The maximum Gasteiger partial charge on any atom is 0.338 e. The molecule has 1 aliphatic heterocycles. The van der Waals surface area contributed by atoms with Gasteiger partial charge in [0.2, 0.25) is 0 Å². The number of carbonyl (C=O) groups excluding carboxylic acids is 2. The van der Waals surface area contributed by atoms with Crippen LogP contribution in [0.25, 0.3) is 0 Å². The largest absolute Gasteiger partial charge is 0.456 e. The summed E-state index contributed by atoms with van der Waals surface area (Å²) in [4.78, 5) is 24.8. The van der Waals surface area contributed by atoms with Crippen molar-refractivity contribution < 1.29 is 38.4 Å². The van der Waals surface area contributed by atoms with Crippen LogP contribution in [0.3, 0.4) is 0 Å². The highest BCUT2D eigenvalue weighted by molar-refractivity contribution is 5.89. The summed E-state index contributed by atoms with van der Waals surface area (Å²) in [6.07, 6.45) is -4.28. The second kappa shape index (κ2) is 11.4. The van der Waals surface area contributed by atoms with Crippen molar-refractivity contribution in [3.05, 3.63) is 71.8 Å². The molecule has 0 aliphatic carbocycles. The number of aliphatic hydroxyl groups is 1. The van der Waals surface area contributed by atoms with E-state index in [-0.39, 0.29) is 19.8 Å². The van der Waals surface area contributed by atoms with E-state index in [1.807, 2.05) is 30.3 Å². The molecular formula is C25H30O8. The van der Waals surface area contributed by atoms with Gasteiger partial charge in [0.05, 0.1) is 25.4 Å². The summed E-state index contributed by atoms with van der Waals surface area (Å²) in [6.45, 7) is 4.79. The molecule has 33 heavy (non-hydrogen) atoms. The van der Waals surface area contributed by atoms with Gasteiger partial charge in [-0.2, -0.15) is 0 Å². The molecule has 2 aromatic rings. The Morgan fingerprint density at radius 3 is 2.33 bits per heavy atom. The van der Waals surface area contributed by atoms with E-state index in [2.05, 4.69) is 0 Å². The Balaban J connectivity index is 1.83. The Hall–Kier alpha value is -2.78. The van der Waals surface area contributed by atoms with Gasteiger partial charge in [-0.25, -0.2) is 4.79 Å². The maximum absolute atomic E-state index is 12.9. The number of esters is 2. The van der Waals surface area contributed by atoms with E-state index >= 15 is 0 Å². The van der Waals surface area contributed by atoms with E-state index in [1.54, 1.807) is 44.2 Å². The van der Waals surface area contributed by atoms with Crippen LogP contribution in [0.15, 0.2) is 60.7 Å². The fourth-order valence-electron chi connectivity index (χ4n) is 3.50. The van der Waals surface area contributed by atoms with Crippen molar-refractivity contribution in [2.75, 3.05) is 13.2 Å². The van der Waals surface area contributed by atoms with Crippen molar-refractivity contribution in [2.45, 2.75) is 57.6 Å². The third-order valence-electron chi connectivity index (χ3n) is 5.05. The van der Waals surface area contributed by atoms with Gasteiger partial charge >= 0.3 is 11.9 Å². The molecule has 1 heterocycles. The van der Waals surface area contributed by atoms with Gasteiger partial charge < -0.3 is 28.8 Å². The van der Waals surface area contributed by atoms with Crippen molar-refractivity contribution in [1.82, 2.24) is 0 Å². The first-order valence-electron chi connectivity index (χ1n) is 10.8. The van der Waals surface area contributed by atoms with Gasteiger partial charge in [0.15, 0.2) is 18.0 Å². The second-order valence-electron chi connectivity index (χ2n) is 8.25. The third kappa shape index (κ3) is 7.36. The molecule has 1 fully saturated rings. The minimum atomic E-state index is -1.14. The van der Waals surface area contributed by atoms with E-state index in [4.69, 9.17) is 23.7 Å². The van der Waals surface area contributed by atoms with Crippen LogP contribution < -0.4 is 0 Å². The molecule has 8 nitrogen and oxygen atoms in total. The third-order valence-corrected chi connectivity index (χ3v) is 5.05. The molecule has 8 heteroatoms. The first-order valence-corrected chi connectivity index (χ1v) is 10.8. The fraction of sp³-hybridized carbons (Fsp3) is 0.440. The Morgan fingerprint density at radius 2 is 1.70 bits per heavy atom. The van der Waals surface area contributed by atoms with Crippen LogP contribution in [0.1, 0.15) is 36.7 Å². The molecular weight excluding hydrogens is 428 g/mol. The Kier molecular flexibility index (Phi) is 8.57. The molecule has 2 aromatic carbocycles. The molecule has 178 valence electrons.